The first-order chi connectivity index (χ1) is 41.4. The molecular formula is C50H97N25O10S2. The highest BCUT2D eigenvalue weighted by atomic mass is 32.1. The van der Waals surface area contributed by atoms with E-state index in [9.17, 15) is 47.9 Å². The van der Waals surface area contributed by atoms with E-state index in [0.717, 1.165) is 0 Å². The molecule has 1 rings (SSSR count). The van der Waals surface area contributed by atoms with Crippen molar-refractivity contribution in [3.63, 3.8) is 0 Å². The number of unbranched alkanes of at least 4 members (excludes halogenated alkanes) is 3. The molecule has 87 heavy (non-hydrogen) atoms. The van der Waals surface area contributed by atoms with Gasteiger partial charge < -0.3 is 116 Å². The fourth-order valence-electron chi connectivity index (χ4n) is 8.48. The molecule has 32 N–H and O–H groups in total. The standard InChI is InChI=1S/C50H97N25O10S2/c51-18-4-1-11-30-40(79)68-28(14-7-21-62-47(54)55)38(77)66-25-37(76)67-29(15-8-22-63-48(56)57)39(78)69-32(13-3-6-20-53)44(83)74-36(27-87)46(85)75-35(26-86)45(84)73-34(17-10-24-65-50(60)61)43(82)72-33(16-9-23-64-49(58)59)42(81)71-31(41(80)70-30)12-2-5-19-52/h28-36,86-87H,1-27,51-53H2,(H,66,77)(H,67,76)(H,68,79)(H,69,78)(H,70,80)(H,71,81)(H,72,82)(H,73,84)(H,74,83)(H,75,85)(H4,54,55,62)(H4,56,57,63)(H4,58,59,64)(H4,60,61,65)/t28-,29-,30-,31-,32-,33-,34-,35-,36-/m0/s1. The molecule has 35 nitrogen and oxygen atoms in total. The Bertz CT molecular complexity index is 2320. The second kappa shape index (κ2) is 44.8. The average Bonchev–Trinajstić information content (AvgIpc) is 3.64. The maximum absolute atomic E-state index is 14.5. The Balaban J connectivity index is 4.18. The Hall–Kier alpha value is -7.64. The topological polar surface area (TPSA) is 627 Å². The van der Waals surface area contributed by atoms with Crippen molar-refractivity contribution in [3.8, 4) is 0 Å². The fraction of sp³-hybridized carbons (Fsp3) is 0.720. The van der Waals surface area contributed by atoms with Crippen LogP contribution in [0, 0.1) is 0 Å². The summed E-state index contributed by atoms with van der Waals surface area (Å²) in [5, 5.41) is 26.1. The Morgan fingerprint density at radius 3 is 0.747 bits per heavy atom. The third kappa shape index (κ3) is 33.7. The molecule has 0 saturated carbocycles. The zero-order chi connectivity index (χ0) is 65.3. The molecular weight excluding hydrogens is 1170 g/mol. The monoisotopic (exact) mass is 1270 g/mol. The number of guanidine groups is 4. The van der Waals surface area contributed by atoms with Crippen molar-refractivity contribution in [2.24, 2.45) is 83.0 Å². The quantitative estimate of drug-likeness (QED) is 0.0137. The second-order valence-corrected chi connectivity index (χ2v) is 21.1. The van der Waals surface area contributed by atoms with E-state index in [1.807, 2.05) is 0 Å². The van der Waals surface area contributed by atoms with Crippen LogP contribution in [0.5, 0.6) is 0 Å². The van der Waals surface area contributed by atoms with Gasteiger partial charge in [-0.25, -0.2) is 0 Å². The summed E-state index contributed by atoms with van der Waals surface area (Å²) < 4.78 is 0. The molecule has 0 spiro atoms. The lowest BCUT2D eigenvalue weighted by atomic mass is 10.0. The predicted octanol–water partition coefficient (Wildman–Crippen LogP) is -9.06. The van der Waals surface area contributed by atoms with Gasteiger partial charge in [0.25, 0.3) is 0 Å². The maximum Gasteiger partial charge on any atom is 0.244 e. The molecule has 0 radical (unpaired) electrons. The van der Waals surface area contributed by atoms with Gasteiger partial charge in [0.1, 0.15) is 54.4 Å². The number of nitrogens with two attached hydrogens (primary N) is 11. The molecule has 1 saturated heterocycles. The first-order valence-corrected chi connectivity index (χ1v) is 30.2. The van der Waals surface area contributed by atoms with Gasteiger partial charge in [0, 0.05) is 37.7 Å². The number of hydrogen-bond donors (Lipinski definition) is 23. The molecule has 0 aromatic carbocycles. The van der Waals surface area contributed by atoms with Crippen LogP contribution in [-0.4, -0.2) is 201 Å². The fourth-order valence-corrected chi connectivity index (χ4v) is 8.99. The lowest BCUT2D eigenvalue weighted by Crippen LogP contribution is -2.61. The van der Waals surface area contributed by atoms with Crippen molar-refractivity contribution in [1.29, 1.82) is 0 Å². The Morgan fingerprint density at radius 1 is 0.310 bits per heavy atom. The van der Waals surface area contributed by atoms with Gasteiger partial charge in [0.15, 0.2) is 23.8 Å². The Kier molecular flexibility index (Phi) is 39.8. The minimum absolute atomic E-state index is 0.000959. The van der Waals surface area contributed by atoms with E-state index in [1.165, 1.54) is 0 Å². The zero-order valence-corrected chi connectivity index (χ0v) is 51.2. The number of hydrogen-bond acceptors (Lipinski definition) is 19. The molecule has 0 aliphatic carbocycles. The van der Waals surface area contributed by atoms with E-state index in [1.54, 1.807) is 0 Å². The van der Waals surface area contributed by atoms with E-state index >= 15 is 0 Å². The van der Waals surface area contributed by atoms with Crippen LogP contribution in [-0.2, 0) is 47.9 Å². The van der Waals surface area contributed by atoms with E-state index in [2.05, 4.69) is 98.4 Å². The zero-order valence-electron chi connectivity index (χ0n) is 49.4. The highest BCUT2D eigenvalue weighted by molar-refractivity contribution is 7.80. The summed E-state index contributed by atoms with van der Waals surface area (Å²) in [6.07, 6.45) is 2.20. The van der Waals surface area contributed by atoms with Crippen molar-refractivity contribution in [3.05, 3.63) is 0 Å². The third-order valence-corrected chi connectivity index (χ3v) is 13.9. The minimum Gasteiger partial charge on any atom is -0.370 e. The normalized spacial score (nSPS) is 22.8. The van der Waals surface area contributed by atoms with Crippen LogP contribution in [0.15, 0.2) is 20.0 Å². The lowest BCUT2D eigenvalue weighted by molar-refractivity contribution is -0.136. The van der Waals surface area contributed by atoms with Gasteiger partial charge in [0.05, 0.1) is 6.54 Å². The molecule has 0 bridgehead atoms. The van der Waals surface area contributed by atoms with Crippen LogP contribution < -0.4 is 116 Å². The van der Waals surface area contributed by atoms with Gasteiger partial charge in [0.2, 0.25) is 59.1 Å². The molecule has 494 valence electrons. The van der Waals surface area contributed by atoms with Crippen LogP contribution in [0.3, 0.4) is 0 Å². The van der Waals surface area contributed by atoms with Crippen molar-refractivity contribution in [1.82, 2.24) is 53.2 Å². The molecule has 0 aromatic rings. The van der Waals surface area contributed by atoms with Crippen LogP contribution in [0.25, 0.3) is 0 Å². The number of amides is 10. The summed E-state index contributed by atoms with van der Waals surface area (Å²) in [6.45, 7) is -0.0130. The van der Waals surface area contributed by atoms with Gasteiger partial charge in [-0.05, 0) is 129 Å². The molecule has 37 heteroatoms. The minimum atomic E-state index is -1.46. The number of rotatable bonds is 30. The van der Waals surface area contributed by atoms with Gasteiger partial charge in [-0.2, -0.15) is 25.3 Å². The van der Waals surface area contributed by atoms with Crippen LogP contribution >= 0.6 is 25.3 Å². The highest BCUT2D eigenvalue weighted by Crippen LogP contribution is 2.12. The molecule has 0 unspecified atom stereocenters. The molecule has 9 atom stereocenters. The van der Waals surface area contributed by atoms with Crippen LogP contribution in [0.4, 0.5) is 0 Å². The first kappa shape index (κ1) is 77.4. The first-order valence-electron chi connectivity index (χ1n) is 28.9. The summed E-state index contributed by atoms with van der Waals surface area (Å²) in [5.74, 6) is -10.4. The SMILES string of the molecule is NCCCC[C@@H]1NC(=O)[C@H](CCCN=C(N)N)NC(=O)CNC(=O)[C@H](CCCN=C(N)N)NC(=O)[C@H](CCCCN)NC(=O)[C@H](CCCCN)NC(=O)[C@H](CCCN=C(N)N)NC(=O)[C@H](CCCN=C(N)N)NC(=O)[C@H](CS)NC(=O)[C@H](CS)NC1=O. The number of nitrogens with zero attached hydrogens (tertiary/aromatic N) is 4. The molecule has 1 fully saturated rings. The number of aliphatic imine (C=N–C) groups is 4. The molecule has 1 aliphatic rings. The van der Waals surface area contributed by atoms with Gasteiger partial charge in [-0.15, -0.1) is 0 Å². The Labute approximate surface area is 517 Å². The smallest absolute Gasteiger partial charge is 0.244 e. The van der Waals surface area contributed by atoms with Crippen LogP contribution in [0.2, 0.25) is 0 Å². The summed E-state index contributed by atoms with van der Waals surface area (Å²) in [5.41, 5.74) is 61.7. The van der Waals surface area contributed by atoms with Crippen LogP contribution in [0.1, 0.15) is 109 Å². The van der Waals surface area contributed by atoms with Crippen molar-refractivity contribution >= 4 is 108 Å². The van der Waals surface area contributed by atoms with Crippen molar-refractivity contribution < 1.29 is 47.9 Å². The lowest BCUT2D eigenvalue weighted by Gasteiger charge is -2.28. The average molecular weight is 1270 g/mol. The molecule has 1 heterocycles. The maximum atomic E-state index is 14.5. The number of carbonyl (C=O) groups excluding carboxylic acids is 10. The molecule has 10 amide bonds. The third-order valence-electron chi connectivity index (χ3n) is 13.1. The number of carbonyl (C=O) groups is 10. The Morgan fingerprint density at radius 2 is 0.517 bits per heavy atom. The van der Waals surface area contributed by atoms with E-state index < -0.39 is 120 Å². The van der Waals surface area contributed by atoms with Gasteiger partial charge in [-0.3, -0.25) is 67.9 Å². The van der Waals surface area contributed by atoms with Crippen molar-refractivity contribution in [2.75, 3.05) is 63.9 Å². The van der Waals surface area contributed by atoms with Gasteiger partial charge >= 0.3 is 0 Å². The second-order valence-electron chi connectivity index (χ2n) is 20.3. The molecule has 1 aliphatic heterocycles. The van der Waals surface area contributed by atoms with E-state index in [4.69, 9.17) is 63.1 Å². The summed E-state index contributed by atoms with van der Waals surface area (Å²) in [7, 11) is 0. The van der Waals surface area contributed by atoms with Gasteiger partial charge in [-0.1, -0.05) is 0 Å². The number of nitrogens with one attached hydrogen (secondary N) is 10. The molecule has 0 aromatic heterocycles. The number of thiol groups is 2. The summed E-state index contributed by atoms with van der Waals surface area (Å²) in [4.78, 5) is 158. The highest BCUT2D eigenvalue weighted by Gasteiger charge is 2.35. The predicted molar refractivity (Wildman–Crippen MR) is 336 cm³/mol. The van der Waals surface area contributed by atoms with E-state index in [-0.39, 0.29) is 152 Å². The summed E-state index contributed by atoms with van der Waals surface area (Å²) >= 11 is 8.58. The van der Waals surface area contributed by atoms with E-state index in [0.29, 0.717) is 38.5 Å². The van der Waals surface area contributed by atoms with Crippen molar-refractivity contribution in [2.45, 2.75) is 164 Å². The largest absolute Gasteiger partial charge is 0.370 e. The summed E-state index contributed by atoms with van der Waals surface area (Å²) in [6, 6.07) is -12.6.